The molecular formula is C12H13N3O2. The van der Waals surface area contributed by atoms with Gasteiger partial charge < -0.3 is 14.6 Å². The summed E-state index contributed by atoms with van der Waals surface area (Å²) in [6.45, 7) is 0.378. The average molecular weight is 231 g/mol. The molecule has 0 saturated carbocycles. The Hall–Kier alpha value is -1.88. The standard InChI is InChI=1S/C12H13N3O2/c1-16-7-11-14-12(17-15-11)10-6-8-4-2-3-5-9(8)13-10/h2-5,10,13H,6-7H2,1H3/t10-/m0/s1. The summed E-state index contributed by atoms with van der Waals surface area (Å²) < 4.78 is 10.2. The van der Waals surface area contributed by atoms with Crippen molar-refractivity contribution in [3.63, 3.8) is 0 Å². The van der Waals surface area contributed by atoms with Crippen molar-refractivity contribution in [1.82, 2.24) is 10.1 Å². The van der Waals surface area contributed by atoms with Gasteiger partial charge in [0.15, 0.2) is 5.82 Å². The molecule has 17 heavy (non-hydrogen) atoms. The average Bonchev–Trinajstić information content (AvgIpc) is 2.94. The van der Waals surface area contributed by atoms with Gasteiger partial charge >= 0.3 is 0 Å². The van der Waals surface area contributed by atoms with Gasteiger partial charge in [-0.05, 0) is 11.6 Å². The molecule has 1 aromatic carbocycles. The predicted molar refractivity (Wildman–Crippen MR) is 61.5 cm³/mol. The lowest BCUT2D eigenvalue weighted by molar-refractivity contribution is 0.174. The van der Waals surface area contributed by atoms with Gasteiger partial charge in [-0.2, -0.15) is 4.98 Å². The first-order valence-electron chi connectivity index (χ1n) is 5.52. The highest BCUT2D eigenvalue weighted by Crippen LogP contribution is 2.32. The Balaban J connectivity index is 1.79. The topological polar surface area (TPSA) is 60.2 Å². The number of aromatic nitrogens is 2. The van der Waals surface area contributed by atoms with Crippen LogP contribution in [0.5, 0.6) is 0 Å². The number of hydrogen-bond donors (Lipinski definition) is 1. The van der Waals surface area contributed by atoms with E-state index in [0.29, 0.717) is 18.3 Å². The SMILES string of the molecule is COCc1noc([C@@H]2Cc3ccccc3N2)n1. The number of ether oxygens (including phenoxy) is 1. The van der Waals surface area contributed by atoms with Gasteiger partial charge in [-0.1, -0.05) is 23.4 Å². The summed E-state index contributed by atoms with van der Waals surface area (Å²) in [7, 11) is 1.61. The Labute approximate surface area is 98.8 Å². The lowest BCUT2D eigenvalue weighted by Gasteiger charge is -2.04. The number of nitrogens with zero attached hydrogens (tertiary/aromatic N) is 2. The number of benzene rings is 1. The molecule has 5 heteroatoms. The van der Waals surface area contributed by atoms with Gasteiger partial charge in [0.1, 0.15) is 12.6 Å². The fourth-order valence-corrected chi connectivity index (χ4v) is 2.04. The summed E-state index contributed by atoms with van der Waals surface area (Å²) in [6, 6.07) is 8.28. The van der Waals surface area contributed by atoms with Crippen LogP contribution in [-0.4, -0.2) is 17.3 Å². The van der Waals surface area contributed by atoms with Crippen molar-refractivity contribution >= 4 is 5.69 Å². The number of para-hydroxylation sites is 1. The quantitative estimate of drug-likeness (QED) is 0.874. The maximum Gasteiger partial charge on any atom is 0.249 e. The molecule has 0 fully saturated rings. The first-order chi connectivity index (χ1) is 8.36. The third-order valence-corrected chi connectivity index (χ3v) is 2.83. The highest BCUT2D eigenvalue weighted by atomic mass is 16.5. The van der Waals surface area contributed by atoms with Crippen molar-refractivity contribution in [1.29, 1.82) is 0 Å². The van der Waals surface area contributed by atoms with Gasteiger partial charge in [-0.3, -0.25) is 0 Å². The van der Waals surface area contributed by atoms with Crippen molar-refractivity contribution in [2.24, 2.45) is 0 Å². The molecule has 0 amide bonds. The van der Waals surface area contributed by atoms with E-state index in [1.165, 1.54) is 5.56 Å². The highest BCUT2D eigenvalue weighted by Gasteiger charge is 2.26. The molecule has 0 spiro atoms. The van der Waals surface area contributed by atoms with E-state index >= 15 is 0 Å². The van der Waals surface area contributed by atoms with E-state index in [1.54, 1.807) is 7.11 Å². The van der Waals surface area contributed by atoms with Crippen LogP contribution in [0.1, 0.15) is 23.3 Å². The molecule has 1 atom stereocenters. The van der Waals surface area contributed by atoms with Crippen LogP contribution >= 0.6 is 0 Å². The minimum absolute atomic E-state index is 0.0745. The molecule has 88 valence electrons. The summed E-state index contributed by atoms with van der Waals surface area (Å²) in [5, 5.41) is 7.23. The van der Waals surface area contributed by atoms with Gasteiger partial charge in [-0.25, -0.2) is 0 Å². The molecule has 1 aromatic heterocycles. The van der Waals surface area contributed by atoms with Crippen molar-refractivity contribution in [3.8, 4) is 0 Å². The van der Waals surface area contributed by atoms with Gasteiger partial charge in [0.05, 0.1) is 0 Å². The molecule has 2 heterocycles. The van der Waals surface area contributed by atoms with Crippen molar-refractivity contribution in [2.75, 3.05) is 12.4 Å². The number of nitrogens with one attached hydrogen (secondary N) is 1. The summed E-state index contributed by atoms with van der Waals surface area (Å²) >= 11 is 0. The van der Waals surface area contributed by atoms with E-state index in [1.807, 2.05) is 12.1 Å². The van der Waals surface area contributed by atoms with Crippen LogP contribution < -0.4 is 5.32 Å². The van der Waals surface area contributed by atoms with Crippen LogP contribution in [0.3, 0.4) is 0 Å². The Kier molecular flexibility index (Phi) is 2.53. The number of methoxy groups -OCH3 is 1. The first-order valence-corrected chi connectivity index (χ1v) is 5.52. The smallest absolute Gasteiger partial charge is 0.249 e. The second-order valence-electron chi connectivity index (χ2n) is 4.04. The summed E-state index contributed by atoms with van der Waals surface area (Å²) in [6.07, 6.45) is 0.880. The monoisotopic (exact) mass is 231 g/mol. The van der Waals surface area contributed by atoms with Crippen LogP contribution in [0.2, 0.25) is 0 Å². The Morgan fingerprint density at radius 2 is 2.35 bits per heavy atom. The van der Waals surface area contributed by atoms with E-state index in [4.69, 9.17) is 9.26 Å². The van der Waals surface area contributed by atoms with E-state index < -0.39 is 0 Å². The third-order valence-electron chi connectivity index (χ3n) is 2.83. The van der Waals surface area contributed by atoms with Crippen LogP contribution in [0.15, 0.2) is 28.8 Å². The fourth-order valence-electron chi connectivity index (χ4n) is 2.04. The zero-order chi connectivity index (χ0) is 11.7. The van der Waals surface area contributed by atoms with Crippen LogP contribution in [0, 0.1) is 0 Å². The van der Waals surface area contributed by atoms with Gasteiger partial charge in [0, 0.05) is 19.2 Å². The molecule has 0 saturated heterocycles. The number of anilines is 1. The first kappa shape index (κ1) is 10.3. The highest BCUT2D eigenvalue weighted by molar-refractivity contribution is 5.56. The minimum Gasteiger partial charge on any atom is -0.377 e. The van der Waals surface area contributed by atoms with E-state index in [2.05, 4.69) is 27.6 Å². The van der Waals surface area contributed by atoms with Crippen LogP contribution in [0.25, 0.3) is 0 Å². The molecule has 3 rings (SSSR count). The largest absolute Gasteiger partial charge is 0.377 e. The zero-order valence-corrected chi connectivity index (χ0v) is 9.51. The fraction of sp³-hybridized carbons (Fsp3) is 0.333. The lowest BCUT2D eigenvalue weighted by atomic mass is 10.1. The third kappa shape index (κ3) is 1.89. The molecule has 0 unspecified atom stereocenters. The second kappa shape index (κ2) is 4.18. The molecular weight excluding hydrogens is 218 g/mol. The molecule has 1 aliphatic rings. The van der Waals surface area contributed by atoms with E-state index in [9.17, 15) is 0 Å². The maximum absolute atomic E-state index is 5.23. The van der Waals surface area contributed by atoms with E-state index in [0.717, 1.165) is 12.1 Å². The zero-order valence-electron chi connectivity index (χ0n) is 9.51. The Morgan fingerprint density at radius 1 is 1.47 bits per heavy atom. The Morgan fingerprint density at radius 3 is 3.18 bits per heavy atom. The summed E-state index contributed by atoms with van der Waals surface area (Å²) in [4.78, 5) is 4.30. The lowest BCUT2D eigenvalue weighted by Crippen LogP contribution is -2.06. The number of hydrogen-bond acceptors (Lipinski definition) is 5. The molecule has 0 aliphatic carbocycles. The van der Waals surface area contributed by atoms with Crippen molar-refractivity contribution in [2.45, 2.75) is 19.1 Å². The van der Waals surface area contributed by atoms with Gasteiger partial charge in [0.25, 0.3) is 0 Å². The molecule has 2 aromatic rings. The predicted octanol–water partition coefficient (Wildman–Crippen LogP) is 1.93. The molecule has 0 radical (unpaired) electrons. The summed E-state index contributed by atoms with van der Waals surface area (Å²) in [5.74, 6) is 1.20. The maximum atomic E-state index is 5.23. The van der Waals surface area contributed by atoms with E-state index in [-0.39, 0.29) is 6.04 Å². The van der Waals surface area contributed by atoms with Crippen LogP contribution in [-0.2, 0) is 17.8 Å². The molecule has 0 bridgehead atoms. The second-order valence-corrected chi connectivity index (χ2v) is 4.04. The van der Waals surface area contributed by atoms with Gasteiger partial charge in [0.2, 0.25) is 5.89 Å². The summed E-state index contributed by atoms with van der Waals surface area (Å²) in [5.41, 5.74) is 2.42. The minimum atomic E-state index is 0.0745. The molecule has 1 N–H and O–H groups in total. The van der Waals surface area contributed by atoms with Crippen LogP contribution in [0.4, 0.5) is 5.69 Å². The van der Waals surface area contributed by atoms with Gasteiger partial charge in [-0.15, -0.1) is 0 Å². The Bertz CT molecular complexity index is 499. The van der Waals surface area contributed by atoms with Crippen molar-refractivity contribution < 1.29 is 9.26 Å². The molecule has 5 nitrogen and oxygen atoms in total. The van der Waals surface area contributed by atoms with Crippen molar-refractivity contribution in [3.05, 3.63) is 41.5 Å². The normalized spacial score (nSPS) is 17.8. The number of fused-ring (bicyclic) bond motifs is 1. The number of rotatable bonds is 3. The molecule has 1 aliphatic heterocycles.